The van der Waals surface area contributed by atoms with Crippen molar-refractivity contribution < 1.29 is 19.1 Å². The fourth-order valence-corrected chi connectivity index (χ4v) is 3.59. The molecular weight excluding hydrogens is 428 g/mol. The lowest BCUT2D eigenvalue weighted by Crippen LogP contribution is -2.51. The van der Waals surface area contributed by atoms with Crippen LogP contribution in [0.4, 0.5) is 0 Å². The zero-order valence-electron chi connectivity index (χ0n) is 19.8. The van der Waals surface area contributed by atoms with Gasteiger partial charge in [-0.3, -0.25) is 9.59 Å². The summed E-state index contributed by atoms with van der Waals surface area (Å²) in [5, 5.41) is 2.97. The van der Waals surface area contributed by atoms with Crippen molar-refractivity contribution in [3.8, 4) is 11.5 Å². The average molecular weight is 461 g/mol. The summed E-state index contributed by atoms with van der Waals surface area (Å²) in [4.78, 5) is 28.3. The van der Waals surface area contributed by atoms with E-state index in [0.29, 0.717) is 18.7 Å². The first-order valence-corrected chi connectivity index (χ1v) is 11.5. The molecule has 0 aliphatic carbocycles. The van der Waals surface area contributed by atoms with Crippen molar-refractivity contribution in [2.45, 2.75) is 32.4 Å². The SMILES string of the molecule is CCCNC(=O)C(Cc1ccccc1)N(Cc1ccc(OC)cc1)C(=O)COc1ccccc1. The molecule has 6 heteroatoms. The Morgan fingerprint density at radius 3 is 2.12 bits per heavy atom. The van der Waals surface area contributed by atoms with Gasteiger partial charge < -0.3 is 19.7 Å². The molecule has 1 atom stereocenters. The van der Waals surface area contributed by atoms with Gasteiger partial charge in [-0.1, -0.05) is 67.6 Å². The Labute approximate surface area is 201 Å². The predicted octanol–water partition coefficient (Wildman–Crippen LogP) is 4.24. The van der Waals surface area contributed by atoms with Crippen molar-refractivity contribution >= 4 is 11.8 Å². The van der Waals surface area contributed by atoms with Gasteiger partial charge in [0.1, 0.15) is 17.5 Å². The smallest absolute Gasteiger partial charge is 0.261 e. The van der Waals surface area contributed by atoms with E-state index in [9.17, 15) is 9.59 Å². The summed E-state index contributed by atoms with van der Waals surface area (Å²) in [6.07, 6.45) is 1.22. The number of rotatable bonds is 12. The number of amides is 2. The lowest BCUT2D eigenvalue weighted by Gasteiger charge is -2.31. The molecule has 0 spiro atoms. The average Bonchev–Trinajstić information content (AvgIpc) is 2.89. The Morgan fingerprint density at radius 2 is 1.50 bits per heavy atom. The van der Waals surface area contributed by atoms with Gasteiger partial charge in [0.2, 0.25) is 5.91 Å². The van der Waals surface area contributed by atoms with Gasteiger partial charge in [0.05, 0.1) is 7.11 Å². The maximum absolute atomic E-state index is 13.5. The van der Waals surface area contributed by atoms with Crippen LogP contribution in [0, 0.1) is 0 Å². The molecule has 3 rings (SSSR count). The monoisotopic (exact) mass is 460 g/mol. The van der Waals surface area contributed by atoms with Crippen LogP contribution in [0.2, 0.25) is 0 Å². The highest BCUT2D eigenvalue weighted by atomic mass is 16.5. The highest BCUT2D eigenvalue weighted by molar-refractivity contribution is 5.88. The Kier molecular flexibility index (Phi) is 9.52. The quantitative estimate of drug-likeness (QED) is 0.439. The maximum Gasteiger partial charge on any atom is 0.261 e. The fraction of sp³-hybridized carbons (Fsp3) is 0.286. The molecule has 34 heavy (non-hydrogen) atoms. The van der Waals surface area contributed by atoms with Crippen molar-refractivity contribution in [2.75, 3.05) is 20.3 Å². The minimum absolute atomic E-state index is 0.160. The molecule has 0 saturated heterocycles. The zero-order valence-corrected chi connectivity index (χ0v) is 19.8. The first kappa shape index (κ1) is 24.8. The third-order valence-corrected chi connectivity index (χ3v) is 5.44. The van der Waals surface area contributed by atoms with Gasteiger partial charge in [-0.2, -0.15) is 0 Å². The minimum Gasteiger partial charge on any atom is -0.497 e. The number of hydrogen-bond acceptors (Lipinski definition) is 4. The second kappa shape index (κ2) is 13.0. The van der Waals surface area contributed by atoms with Gasteiger partial charge >= 0.3 is 0 Å². The van der Waals surface area contributed by atoms with E-state index in [2.05, 4.69) is 5.32 Å². The maximum atomic E-state index is 13.5. The molecule has 3 aromatic rings. The Bertz CT molecular complexity index is 1020. The summed E-state index contributed by atoms with van der Waals surface area (Å²) in [6.45, 7) is 2.67. The molecule has 0 bridgehead atoms. The van der Waals surface area contributed by atoms with Crippen LogP contribution in [-0.2, 0) is 22.6 Å². The minimum atomic E-state index is -0.678. The van der Waals surface area contributed by atoms with E-state index in [4.69, 9.17) is 9.47 Å². The van der Waals surface area contributed by atoms with E-state index in [1.807, 2.05) is 79.7 Å². The Morgan fingerprint density at radius 1 is 0.853 bits per heavy atom. The second-order valence-corrected chi connectivity index (χ2v) is 7.97. The lowest BCUT2D eigenvalue weighted by atomic mass is 10.0. The molecule has 1 N–H and O–H groups in total. The van der Waals surface area contributed by atoms with Gasteiger partial charge in [0.25, 0.3) is 5.91 Å². The van der Waals surface area contributed by atoms with Gasteiger partial charge in [-0.25, -0.2) is 0 Å². The molecule has 2 amide bonds. The molecule has 0 heterocycles. The van der Waals surface area contributed by atoms with Gasteiger partial charge in [0, 0.05) is 19.5 Å². The highest BCUT2D eigenvalue weighted by Crippen LogP contribution is 2.18. The van der Waals surface area contributed by atoms with Crippen LogP contribution in [0.3, 0.4) is 0 Å². The topological polar surface area (TPSA) is 67.9 Å². The molecule has 3 aromatic carbocycles. The van der Waals surface area contributed by atoms with E-state index < -0.39 is 6.04 Å². The summed E-state index contributed by atoms with van der Waals surface area (Å²) in [5.74, 6) is 0.908. The first-order chi connectivity index (χ1) is 16.6. The van der Waals surface area contributed by atoms with Crippen LogP contribution < -0.4 is 14.8 Å². The zero-order chi connectivity index (χ0) is 24.2. The molecule has 0 saturated carbocycles. The van der Waals surface area contributed by atoms with Gasteiger partial charge in [-0.05, 0) is 41.8 Å². The number of carbonyl (C=O) groups excluding carboxylic acids is 2. The van der Waals surface area contributed by atoms with Crippen molar-refractivity contribution in [1.82, 2.24) is 10.2 Å². The van der Waals surface area contributed by atoms with Crippen LogP contribution in [0.15, 0.2) is 84.9 Å². The van der Waals surface area contributed by atoms with Crippen LogP contribution in [0.5, 0.6) is 11.5 Å². The van der Waals surface area contributed by atoms with E-state index in [1.165, 1.54) is 0 Å². The van der Waals surface area contributed by atoms with E-state index in [0.717, 1.165) is 23.3 Å². The van der Waals surface area contributed by atoms with Crippen LogP contribution >= 0.6 is 0 Å². The Hall–Kier alpha value is -3.80. The van der Waals surface area contributed by atoms with Gasteiger partial charge in [-0.15, -0.1) is 0 Å². The number of benzene rings is 3. The molecule has 0 fully saturated rings. The van der Waals surface area contributed by atoms with Crippen LogP contribution in [0.1, 0.15) is 24.5 Å². The predicted molar refractivity (Wildman–Crippen MR) is 133 cm³/mol. The van der Waals surface area contributed by atoms with Crippen molar-refractivity contribution in [3.63, 3.8) is 0 Å². The van der Waals surface area contributed by atoms with E-state index >= 15 is 0 Å². The number of hydrogen-bond donors (Lipinski definition) is 1. The summed E-state index contributed by atoms with van der Waals surface area (Å²) >= 11 is 0. The summed E-state index contributed by atoms with van der Waals surface area (Å²) in [7, 11) is 1.61. The number of carbonyl (C=O) groups is 2. The summed E-state index contributed by atoms with van der Waals surface area (Å²) < 4.78 is 11.0. The first-order valence-electron chi connectivity index (χ1n) is 11.5. The van der Waals surface area contributed by atoms with Crippen molar-refractivity contribution in [1.29, 1.82) is 0 Å². The largest absolute Gasteiger partial charge is 0.497 e. The van der Waals surface area contributed by atoms with Crippen LogP contribution in [-0.4, -0.2) is 43.0 Å². The summed E-state index contributed by atoms with van der Waals surface area (Å²) in [5.41, 5.74) is 1.88. The highest BCUT2D eigenvalue weighted by Gasteiger charge is 2.30. The van der Waals surface area contributed by atoms with E-state index in [1.54, 1.807) is 24.1 Å². The standard InChI is InChI=1S/C28H32N2O4/c1-3-18-29-28(32)26(19-22-10-6-4-7-11-22)30(20-23-14-16-24(33-2)17-15-23)27(31)21-34-25-12-8-5-9-13-25/h4-17,26H,3,18-21H2,1-2H3,(H,29,32). The Balaban J connectivity index is 1.88. The molecule has 0 aliphatic heterocycles. The van der Waals surface area contributed by atoms with Gasteiger partial charge in [0.15, 0.2) is 6.61 Å². The van der Waals surface area contributed by atoms with Crippen molar-refractivity contribution in [2.24, 2.45) is 0 Å². The van der Waals surface area contributed by atoms with E-state index in [-0.39, 0.29) is 25.0 Å². The molecule has 6 nitrogen and oxygen atoms in total. The molecule has 0 aromatic heterocycles. The summed E-state index contributed by atoms with van der Waals surface area (Å²) in [6, 6.07) is 25.8. The van der Waals surface area contributed by atoms with Crippen molar-refractivity contribution in [3.05, 3.63) is 96.1 Å². The second-order valence-electron chi connectivity index (χ2n) is 7.97. The molecule has 0 radical (unpaired) electrons. The molecular formula is C28H32N2O4. The lowest BCUT2D eigenvalue weighted by molar-refractivity contribution is -0.142. The molecule has 0 aliphatic rings. The molecule has 178 valence electrons. The number of para-hydroxylation sites is 1. The third kappa shape index (κ3) is 7.37. The number of ether oxygens (including phenoxy) is 2. The normalized spacial score (nSPS) is 11.4. The fourth-order valence-electron chi connectivity index (χ4n) is 3.59. The third-order valence-electron chi connectivity index (χ3n) is 5.44. The van der Waals surface area contributed by atoms with Crippen LogP contribution in [0.25, 0.3) is 0 Å². The molecule has 1 unspecified atom stereocenters. The number of methoxy groups -OCH3 is 1. The number of nitrogens with one attached hydrogen (secondary N) is 1. The number of nitrogens with zero attached hydrogens (tertiary/aromatic N) is 1.